The third-order valence-corrected chi connectivity index (χ3v) is 2.16. The molecule has 6 nitrogen and oxygen atoms in total. The van der Waals surface area contributed by atoms with E-state index >= 15 is 0 Å². The summed E-state index contributed by atoms with van der Waals surface area (Å²) >= 11 is 0. The van der Waals surface area contributed by atoms with E-state index in [-0.39, 0.29) is 26.4 Å². The molecule has 0 rings (SSSR count). The number of esters is 2. The molecule has 0 radical (unpaired) electrons. The van der Waals surface area contributed by atoms with E-state index in [1.54, 1.807) is 13.8 Å². The van der Waals surface area contributed by atoms with Gasteiger partial charge in [0, 0.05) is 0 Å². The van der Waals surface area contributed by atoms with Crippen molar-refractivity contribution in [1.29, 1.82) is 0 Å². The third-order valence-electron chi connectivity index (χ3n) is 2.16. The summed E-state index contributed by atoms with van der Waals surface area (Å²) in [4.78, 5) is 22.7. The SMILES string of the molecule is CC(C(=O)OCCO)C(C)C(=O)OCCO. The van der Waals surface area contributed by atoms with Crippen molar-refractivity contribution in [2.75, 3.05) is 26.4 Å². The number of aliphatic hydroxyl groups is 2. The van der Waals surface area contributed by atoms with Crippen LogP contribution in [0.2, 0.25) is 0 Å². The lowest BCUT2D eigenvalue weighted by atomic mass is 9.96. The zero-order valence-electron chi connectivity index (χ0n) is 9.51. The highest BCUT2D eigenvalue weighted by Gasteiger charge is 2.28. The number of aliphatic hydroxyl groups excluding tert-OH is 2. The summed E-state index contributed by atoms with van der Waals surface area (Å²) in [6.45, 7) is 2.43. The molecule has 2 atom stereocenters. The van der Waals surface area contributed by atoms with Crippen LogP contribution in [0.5, 0.6) is 0 Å². The molecule has 94 valence electrons. The van der Waals surface area contributed by atoms with Gasteiger partial charge in [0.2, 0.25) is 0 Å². The molecule has 0 amide bonds. The van der Waals surface area contributed by atoms with Crippen molar-refractivity contribution in [2.45, 2.75) is 13.8 Å². The quantitative estimate of drug-likeness (QED) is 0.567. The number of carbonyl (C=O) groups excluding carboxylic acids is 2. The van der Waals surface area contributed by atoms with Gasteiger partial charge >= 0.3 is 11.9 Å². The number of carbonyl (C=O) groups is 2. The van der Waals surface area contributed by atoms with Gasteiger partial charge in [0.1, 0.15) is 13.2 Å². The zero-order chi connectivity index (χ0) is 12.6. The highest BCUT2D eigenvalue weighted by molar-refractivity contribution is 5.81. The van der Waals surface area contributed by atoms with Crippen molar-refractivity contribution in [3.63, 3.8) is 0 Å². The van der Waals surface area contributed by atoms with Crippen LogP contribution in [0.15, 0.2) is 0 Å². The fourth-order valence-corrected chi connectivity index (χ4v) is 0.964. The second-order valence-corrected chi connectivity index (χ2v) is 3.36. The van der Waals surface area contributed by atoms with Gasteiger partial charge in [-0.05, 0) is 0 Å². The van der Waals surface area contributed by atoms with Crippen LogP contribution < -0.4 is 0 Å². The van der Waals surface area contributed by atoms with Crippen LogP contribution in [0.1, 0.15) is 13.8 Å². The summed E-state index contributed by atoms with van der Waals surface area (Å²) in [5.74, 6) is -2.39. The Labute approximate surface area is 94.2 Å². The fraction of sp³-hybridized carbons (Fsp3) is 0.800. The van der Waals surface area contributed by atoms with Gasteiger partial charge in [-0.15, -0.1) is 0 Å². The van der Waals surface area contributed by atoms with Crippen LogP contribution in [-0.4, -0.2) is 48.6 Å². The first-order chi connectivity index (χ1) is 7.54. The van der Waals surface area contributed by atoms with E-state index in [1.807, 2.05) is 0 Å². The Balaban J connectivity index is 4.09. The second kappa shape index (κ2) is 8.06. The minimum atomic E-state index is -0.641. The molecule has 6 heteroatoms. The van der Waals surface area contributed by atoms with Gasteiger partial charge in [0.05, 0.1) is 25.0 Å². The molecule has 0 aromatic heterocycles. The maximum absolute atomic E-state index is 11.3. The summed E-state index contributed by atoms with van der Waals surface area (Å²) in [6.07, 6.45) is 0. The molecule has 0 aromatic carbocycles. The van der Waals surface area contributed by atoms with Gasteiger partial charge < -0.3 is 19.7 Å². The monoisotopic (exact) mass is 234 g/mol. The molecule has 0 bridgehead atoms. The first kappa shape index (κ1) is 14.9. The molecule has 0 aliphatic rings. The fourth-order valence-electron chi connectivity index (χ4n) is 0.964. The Morgan fingerprint density at radius 3 is 1.50 bits per heavy atom. The van der Waals surface area contributed by atoms with Crippen molar-refractivity contribution in [3.05, 3.63) is 0 Å². The topological polar surface area (TPSA) is 93.1 Å². The lowest BCUT2D eigenvalue weighted by Gasteiger charge is -2.17. The number of rotatable bonds is 7. The molecule has 0 saturated heterocycles. The third kappa shape index (κ3) is 5.09. The largest absolute Gasteiger partial charge is 0.463 e. The molecule has 0 aromatic rings. The van der Waals surface area contributed by atoms with E-state index in [0.717, 1.165) is 0 Å². The summed E-state index contributed by atoms with van der Waals surface area (Å²) in [7, 11) is 0. The predicted molar refractivity (Wildman–Crippen MR) is 54.4 cm³/mol. The minimum Gasteiger partial charge on any atom is -0.463 e. The Morgan fingerprint density at radius 2 is 1.25 bits per heavy atom. The summed E-state index contributed by atoms with van der Waals surface area (Å²) < 4.78 is 9.37. The average Bonchev–Trinajstić information content (AvgIpc) is 2.30. The van der Waals surface area contributed by atoms with Gasteiger partial charge in [-0.1, -0.05) is 13.8 Å². The highest BCUT2D eigenvalue weighted by atomic mass is 16.5. The van der Waals surface area contributed by atoms with Crippen LogP contribution >= 0.6 is 0 Å². The van der Waals surface area contributed by atoms with Gasteiger partial charge in [-0.3, -0.25) is 9.59 Å². The maximum atomic E-state index is 11.3. The lowest BCUT2D eigenvalue weighted by molar-refractivity contribution is -0.160. The number of hydrogen-bond acceptors (Lipinski definition) is 6. The van der Waals surface area contributed by atoms with Crippen molar-refractivity contribution >= 4 is 11.9 Å². The van der Waals surface area contributed by atoms with E-state index in [9.17, 15) is 9.59 Å². The predicted octanol–water partition coefficient (Wildman–Crippen LogP) is -0.670. The van der Waals surface area contributed by atoms with E-state index < -0.39 is 23.8 Å². The van der Waals surface area contributed by atoms with Crippen molar-refractivity contribution in [3.8, 4) is 0 Å². The second-order valence-electron chi connectivity index (χ2n) is 3.36. The molecule has 0 spiro atoms. The summed E-state index contributed by atoms with van der Waals surface area (Å²) in [5.41, 5.74) is 0. The van der Waals surface area contributed by atoms with Crippen LogP contribution in [0.25, 0.3) is 0 Å². The Bertz CT molecular complexity index is 203. The van der Waals surface area contributed by atoms with Gasteiger partial charge in [0.15, 0.2) is 0 Å². The Kier molecular flexibility index (Phi) is 7.49. The molecule has 0 aliphatic carbocycles. The molecule has 0 heterocycles. The number of ether oxygens (including phenoxy) is 2. The van der Waals surface area contributed by atoms with E-state index in [4.69, 9.17) is 10.2 Å². The summed E-state index contributed by atoms with van der Waals surface area (Å²) in [6, 6.07) is 0. The Morgan fingerprint density at radius 1 is 0.938 bits per heavy atom. The Hall–Kier alpha value is -1.14. The first-order valence-corrected chi connectivity index (χ1v) is 5.09. The zero-order valence-corrected chi connectivity index (χ0v) is 9.51. The van der Waals surface area contributed by atoms with Crippen LogP contribution in [-0.2, 0) is 19.1 Å². The first-order valence-electron chi connectivity index (χ1n) is 5.09. The van der Waals surface area contributed by atoms with Crippen molar-refractivity contribution in [1.82, 2.24) is 0 Å². The van der Waals surface area contributed by atoms with Crippen LogP contribution in [0.3, 0.4) is 0 Å². The van der Waals surface area contributed by atoms with E-state index in [0.29, 0.717) is 0 Å². The van der Waals surface area contributed by atoms with Crippen molar-refractivity contribution in [2.24, 2.45) is 11.8 Å². The van der Waals surface area contributed by atoms with Gasteiger partial charge in [0.25, 0.3) is 0 Å². The normalized spacial score (nSPS) is 14.0. The average molecular weight is 234 g/mol. The molecule has 2 unspecified atom stereocenters. The molecule has 0 aliphatic heterocycles. The molecule has 16 heavy (non-hydrogen) atoms. The lowest BCUT2D eigenvalue weighted by Crippen LogP contribution is -2.29. The minimum absolute atomic E-state index is 0.0818. The maximum Gasteiger partial charge on any atom is 0.309 e. The van der Waals surface area contributed by atoms with Crippen LogP contribution in [0, 0.1) is 11.8 Å². The van der Waals surface area contributed by atoms with E-state index in [2.05, 4.69) is 9.47 Å². The molecular formula is C10H18O6. The molecule has 2 N–H and O–H groups in total. The molecule has 0 saturated carbocycles. The van der Waals surface area contributed by atoms with Crippen molar-refractivity contribution < 1.29 is 29.3 Å². The van der Waals surface area contributed by atoms with Gasteiger partial charge in [-0.2, -0.15) is 0 Å². The highest BCUT2D eigenvalue weighted by Crippen LogP contribution is 2.14. The van der Waals surface area contributed by atoms with E-state index in [1.165, 1.54) is 0 Å². The van der Waals surface area contributed by atoms with Gasteiger partial charge in [-0.25, -0.2) is 0 Å². The molecule has 0 fully saturated rings. The van der Waals surface area contributed by atoms with Crippen LogP contribution in [0.4, 0.5) is 0 Å². The standard InChI is InChI=1S/C10H18O6/c1-7(9(13)15-5-3-11)8(2)10(14)16-6-4-12/h7-8,11-12H,3-6H2,1-2H3. The smallest absolute Gasteiger partial charge is 0.309 e. The summed E-state index contributed by atoms with van der Waals surface area (Å²) in [5, 5.41) is 16.9. The molecular weight excluding hydrogens is 216 g/mol. The number of hydrogen-bond donors (Lipinski definition) is 2.